The first-order chi connectivity index (χ1) is 12.0. The predicted molar refractivity (Wildman–Crippen MR) is 86.5 cm³/mol. The molecule has 3 N–H and O–H groups in total. The van der Waals surface area contributed by atoms with Crippen molar-refractivity contribution < 1.29 is 14.3 Å². The Morgan fingerprint density at radius 1 is 1.32 bits per heavy atom. The molecule has 9 nitrogen and oxygen atoms in total. The van der Waals surface area contributed by atoms with E-state index in [0.717, 1.165) is 0 Å². The number of hydrogen-bond donors (Lipinski definition) is 3. The molecular weight excluding hydrogens is 331 g/mol. The number of carbonyl (C=O) groups is 1. The van der Waals surface area contributed by atoms with Crippen LogP contribution in [0.25, 0.3) is 11.2 Å². The third-order valence-corrected chi connectivity index (χ3v) is 4.06. The highest BCUT2D eigenvalue weighted by Gasteiger charge is 2.34. The average Bonchev–Trinajstić information content (AvgIpc) is 2.84. The van der Waals surface area contributed by atoms with Crippen molar-refractivity contribution in [3.05, 3.63) is 46.8 Å². The van der Waals surface area contributed by atoms with E-state index < -0.39 is 6.09 Å². The highest BCUT2D eigenvalue weighted by molar-refractivity contribution is 5.72. The molecule has 1 saturated heterocycles. The quantitative estimate of drug-likeness (QED) is 0.664. The van der Waals surface area contributed by atoms with Gasteiger partial charge in [-0.2, -0.15) is 4.98 Å². The Morgan fingerprint density at radius 2 is 2.04 bits per heavy atom. The first-order valence-electron chi connectivity index (χ1n) is 7.49. The van der Waals surface area contributed by atoms with Gasteiger partial charge in [0.15, 0.2) is 5.65 Å². The fourth-order valence-electron chi connectivity index (χ4n) is 2.75. The number of carboxylic acid groups (broad SMARTS) is 1. The molecule has 25 heavy (non-hydrogen) atoms. The summed E-state index contributed by atoms with van der Waals surface area (Å²) in [6.07, 6.45) is 0.456. The number of aromatic amines is 1. The number of imidazole rings is 1. The fraction of sp³-hybridized carbons (Fsp3) is 0.200. The molecule has 1 aliphatic rings. The van der Waals surface area contributed by atoms with Crippen LogP contribution in [0.5, 0.6) is 0 Å². The summed E-state index contributed by atoms with van der Waals surface area (Å²) in [5, 5.41) is 11.9. The van der Waals surface area contributed by atoms with Crippen molar-refractivity contribution in [1.29, 1.82) is 0 Å². The standard InChI is InChI=1S/C15H13FN6O3/c16-8-1-3-9(4-2-8)18-13-17-5-11-12(20-13)22(14(23)19-11)10-6-21(7-10)15(24)25/h1-5,10H,6-7H2,(H,19,23)(H,24,25)(H,17,18,20). The topological polar surface area (TPSA) is 116 Å². The Labute approximate surface area is 139 Å². The maximum atomic E-state index is 13.0. The maximum absolute atomic E-state index is 13.0. The van der Waals surface area contributed by atoms with Gasteiger partial charge in [-0.3, -0.25) is 4.57 Å². The first-order valence-corrected chi connectivity index (χ1v) is 7.49. The van der Waals surface area contributed by atoms with Crippen molar-refractivity contribution in [3.8, 4) is 0 Å². The van der Waals surface area contributed by atoms with Gasteiger partial charge in [0.2, 0.25) is 5.95 Å². The number of fused-ring (bicyclic) bond motifs is 1. The Bertz CT molecular complexity index is 1010. The Kier molecular flexibility index (Phi) is 3.38. The second-order valence-electron chi connectivity index (χ2n) is 5.70. The van der Waals surface area contributed by atoms with Crippen molar-refractivity contribution in [3.63, 3.8) is 0 Å². The van der Waals surface area contributed by atoms with Crippen LogP contribution >= 0.6 is 0 Å². The monoisotopic (exact) mass is 344 g/mol. The van der Waals surface area contributed by atoms with Crippen LogP contribution in [-0.2, 0) is 0 Å². The number of anilines is 2. The van der Waals surface area contributed by atoms with E-state index in [1.807, 2.05) is 0 Å². The summed E-state index contributed by atoms with van der Waals surface area (Å²) in [7, 11) is 0. The zero-order chi connectivity index (χ0) is 17.6. The molecule has 0 atom stereocenters. The molecule has 4 rings (SSSR count). The Hall–Kier alpha value is -3.43. The van der Waals surface area contributed by atoms with E-state index in [-0.39, 0.29) is 36.6 Å². The number of nitrogens with one attached hydrogen (secondary N) is 2. The van der Waals surface area contributed by atoms with E-state index in [1.54, 1.807) is 12.1 Å². The summed E-state index contributed by atoms with van der Waals surface area (Å²) in [5.41, 5.74) is 1.09. The maximum Gasteiger partial charge on any atom is 0.407 e. The lowest BCUT2D eigenvalue weighted by Crippen LogP contribution is -2.52. The Balaban J connectivity index is 1.65. The van der Waals surface area contributed by atoms with Crippen LogP contribution in [0.3, 0.4) is 0 Å². The third kappa shape index (κ3) is 2.67. The number of aromatic nitrogens is 4. The molecule has 0 bridgehead atoms. The van der Waals surface area contributed by atoms with Crippen LogP contribution in [0.4, 0.5) is 20.8 Å². The largest absolute Gasteiger partial charge is 0.465 e. The lowest BCUT2D eigenvalue weighted by Gasteiger charge is -2.37. The predicted octanol–water partition coefficient (Wildman–Crippen LogP) is 1.54. The molecule has 0 unspecified atom stereocenters. The molecule has 1 fully saturated rings. The molecule has 2 aromatic heterocycles. The number of amides is 1. The van der Waals surface area contributed by atoms with Crippen molar-refractivity contribution in [1.82, 2.24) is 24.4 Å². The minimum absolute atomic E-state index is 0.229. The second-order valence-corrected chi connectivity index (χ2v) is 5.70. The van der Waals surface area contributed by atoms with Gasteiger partial charge < -0.3 is 20.3 Å². The van der Waals surface area contributed by atoms with Gasteiger partial charge in [-0.25, -0.2) is 19.0 Å². The van der Waals surface area contributed by atoms with Crippen molar-refractivity contribution in [2.24, 2.45) is 0 Å². The van der Waals surface area contributed by atoms with Crippen molar-refractivity contribution >= 4 is 28.9 Å². The molecule has 0 radical (unpaired) electrons. The van der Waals surface area contributed by atoms with Gasteiger partial charge in [0.1, 0.15) is 11.3 Å². The number of halogens is 1. The minimum atomic E-state index is -1.02. The Morgan fingerprint density at radius 3 is 2.72 bits per heavy atom. The van der Waals surface area contributed by atoms with E-state index in [9.17, 15) is 14.0 Å². The molecule has 128 valence electrons. The van der Waals surface area contributed by atoms with Gasteiger partial charge in [-0.1, -0.05) is 0 Å². The van der Waals surface area contributed by atoms with Gasteiger partial charge >= 0.3 is 11.8 Å². The van der Waals surface area contributed by atoms with Gasteiger partial charge in [0, 0.05) is 18.8 Å². The number of hydrogen-bond acceptors (Lipinski definition) is 5. The third-order valence-electron chi connectivity index (χ3n) is 4.06. The summed E-state index contributed by atoms with van der Waals surface area (Å²) in [5.74, 6) is -0.101. The van der Waals surface area contributed by atoms with Crippen molar-refractivity contribution in [2.45, 2.75) is 6.04 Å². The SMILES string of the molecule is O=C(O)N1CC(n2c(=O)[nH]c3cnc(Nc4ccc(F)cc4)nc32)C1. The van der Waals surface area contributed by atoms with E-state index >= 15 is 0 Å². The molecule has 10 heteroatoms. The normalized spacial score (nSPS) is 14.5. The molecule has 1 aliphatic heterocycles. The summed E-state index contributed by atoms with van der Waals surface area (Å²) >= 11 is 0. The van der Waals surface area contributed by atoms with E-state index in [2.05, 4.69) is 20.3 Å². The van der Waals surface area contributed by atoms with E-state index in [4.69, 9.17) is 5.11 Å². The lowest BCUT2D eigenvalue weighted by molar-refractivity contribution is 0.0857. The van der Waals surface area contributed by atoms with E-state index in [1.165, 1.54) is 27.8 Å². The fourth-order valence-corrected chi connectivity index (χ4v) is 2.75. The average molecular weight is 344 g/mol. The molecule has 1 aromatic carbocycles. The molecule has 3 aromatic rings. The number of benzene rings is 1. The zero-order valence-electron chi connectivity index (χ0n) is 12.8. The van der Waals surface area contributed by atoms with Crippen molar-refractivity contribution in [2.75, 3.05) is 18.4 Å². The molecular formula is C15H13FN6O3. The number of H-pyrrole nitrogens is 1. The minimum Gasteiger partial charge on any atom is -0.465 e. The van der Waals surface area contributed by atoms with E-state index in [0.29, 0.717) is 16.9 Å². The molecule has 0 saturated carbocycles. The summed E-state index contributed by atoms with van der Waals surface area (Å²) in [4.78, 5) is 35.4. The number of rotatable bonds is 3. The highest BCUT2D eigenvalue weighted by Crippen LogP contribution is 2.23. The van der Waals surface area contributed by atoms with Crippen LogP contribution in [0.1, 0.15) is 6.04 Å². The summed E-state index contributed by atoms with van der Waals surface area (Å²) < 4.78 is 14.4. The van der Waals surface area contributed by atoms with Crippen LogP contribution in [0, 0.1) is 5.82 Å². The molecule has 0 spiro atoms. The summed E-state index contributed by atoms with van der Waals surface area (Å²) in [6.45, 7) is 0.458. The zero-order valence-corrected chi connectivity index (χ0v) is 12.8. The highest BCUT2D eigenvalue weighted by atomic mass is 19.1. The van der Waals surface area contributed by atoms with Gasteiger partial charge in [0.25, 0.3) is 0 Å². The first kappa shape index (κ1) is 15.1. The van der Waals surface area contributed by atoms with Gasteiger partial charge in [-0.15, -0.1) is 0 Å². The second kappa shape index (κ2) is 5.58. The molecule has 0 aliphatic carbocycles. The van der Waals surface area contributed by atoms with Crippen LogP contribution < -0.4 is 11.0 Å². The van der Waals surface area contributed by atoms with Gasteiger partial charge in [-0.05, 0) is 24.3 Å². The lowest BCUT2D eigenvalue weighted by atomic mass is 10.1. The molecule has 3 heterocycles. The summed E-state index contributed by atoms with van der Waals surface area (Å²) in [6, 6.07) is 5.43. The number of likely N-dealkylation sites (tertiary alicyclic amines) is 1. The van der Waals surface area contributed by atoms with Crippen LogP contribution in [-0.4, -0.2) is 48.7 Å². The van der Waals surface area contributed by atoms with Gasteiger partial charge in [0.05, 0.1) is 12.2 Å². The van der Waals surface area contributed by atoms with Crippen LogP contribution in [0.15, 0.2) is 35.3 Å². The number of nitrogens with zero attached hydrogens (tertiary/aromatic N) is 4. The van der Waals surface area contributed by atoms with Crippen LogP contribution in [0.2, 0.25) is 0 Å². The smallest absolute Gasteiger partial charge is 0.407 e. The molecule has 1 amide bonds.